The van der Waals surface area contributed by atoms with Crippen molar-refractivity contribution in [2.24, 2.45) is 0 Å². The van der Waals surface area contributed by atoms with Crippen LogP contribution in [0.2, 0.25) is 0 Å². The fraction of sp³-hybridized carbons (Fsp3) is 0.619. The third-order valence-corrected chi connectivity index (χ3v) is 4.94. The summed E-state index contributed by atoms with van der Waals surface area (Å²) in [5.41, 5.74) is 2.44. The largest absolute Gasteiger partial charge is 0.350 e. The smallest absolute Gasteiger partial charge is 0.256 e. The Bertz CT molecular complexity index is 894. The number of carbonyl (C=O) groups is 2. The number of hydrogen-bond donors (Lipinski definition) is 1. The van der Waals surface area contributed by atoms with Crippen molar-refractivity contribution >= 4 is 23.0 Å². The van der Waals surface area contributed by atoms with E-state index < -0.39 is 0 Å². The van der Waals surface area contributed by atoms with Crippen molar-refractivity contribution in [2.45, 2.75) is 72.4 Å². The summed E-state index contributed by atoms with van der Waals surface area (Å²) in [6, 6.07) is 1.79. The zero-order valence-electron chi connectivity index (χ0n) is 17.6. The van der Waals surface area contributed by atoms with Gasteiger partial charge in [0.1, 0.15) is 11.3 Å². The van der Waals surface area contributed by atoms with E-state index in [4.69, 9.17) is 4.98 Å². The highest BCUT2D eigenvalue weighted by atomic mass is 16.2. The number of nitrogens with zero attached hydrogens (tertiary/aromatic N) is 4. The average molecular weight is 386 g/mol. The van der Waals surface area contributed by atoms with E-state index in [0.717, 1.165) is 43.0 Å². The highest BCUT2D eigenvalue weighted by Crippen LogP contribution is 2.24. The second-order valence-electron chi connectivity index (χ2n) is 8.59. The molecule has 0 radical (unpaired) electrons. The van der Waals surface area contributed by atoms with Gasteiger partial charge in [0, 0.05) is 30.7 Å². The summed E-state index contributed by atoms with van der Waals surface area (Å²) in [6.07, 6.45) is 4.31. The molecule has 0 saturated heterocycles. The lowest BCUT2D eigenvalue weighted by atomic mass is 10.1. The average Bonchev–Trinajstić information content (AvgIpc) is 2.78. The lowest BCUT2D eigenvalue weighted by Crippen LogP contribution is -2.47. The Morgan fingerprint density at radius 2 is 1.96 bits per heavy atom. The normalized spacial score (nSPS) is 14.5. The lowest BCUT2D eigenvalue weighted by Gasteiger charge is -2.25. The number of fused-ring (bicyclic) bond motifs is 3. The van der Waals surface area contributed by atoms with Gasteiger partial charge in [-0.05, 0) is 53.5 Å². The molecule has 0 spiro atoms. The quantitative estimate of drug-likeness (QED) is 0.878. The lowest BCUT2D eigenvalue weighted by molar-refractivity contribution is -0.123. The maximum absolute atomic E-state index is 13.3. The van der Waals surface area contributed by atoms with Crippen molar-refractivity contribution in [1.29, 1.82) is 0 Å². The minimum atomic E-state index is -0.332. The number of carbonyl (C=O) groups excluding carboxylic acids is 2. The molecule has 0 fully saturated rings. The van der Waals surface area contributed by atoms with Crippen LogP contribution in [0.25, 0.3) is 11.2 Å². The van der Waals surface area contributed by atoms with Crippen LogP contribution in [0, 0.1) is 6.92 Å². The van der Waals surface area contributed by atoms with Gasteiger partial charge in [-0.25, -0.2) is 9.97 Å². The fourth-order valence-corrected chi connectivity index (χ4v) is 3.71. The molecular formula is C21H31N5O2. The molecular weight excluding hydrogens is 354 g/mol. The van der Waals surface area contributed by atoms with Crippen molar-refractivity contribution in [3.63, 3.8) is 0 Å². The second-order valence-corrected chi connectivity index (χ2v) is 8.59. The number of rotatable bonds is 4. The number of imidazole rings is 1. The molecule has 1 aliphatic rings. The van der Waals surface area contributed by atoms with Crippen molar-refractivity contribution in [3.05, 3.63) is 23.1 Å². The Kier molecular flexibility index (Phi) is 5.72. The Morgan fingerprint density at radius 1 is 1.21 bits per heavy atom. The maximum Gasteiger partial charge on any atom is 0.256 e. The highest BCUT2D eigenvalue weighted by Gasteiger charge is 2.25. The first kappa shape index (κ1) is 20.3. The number of likely N-dealkylation sites (N-methyl/N-ethyl adjacent to an activating group) is 1. The van der Waals surface area contributed by atoms with Gasteiger partial charge in [-0.1, -0.05) is 6.42 Å². The molecule has 0 aromatic carbocycles. The van der Waals surface area contributed by atoms with E-state index in [1.807, 2.05) is 34.6 Å². The molecule has 3 heterocycles. The predicted octanol–water partition coefficient (Wildman–Crippen LogP) is 2.84. The molecule has 0 unspecified atom stereocenters. The first-order chi connectivity index (χ1) is 13.2. The Balaban J connectivity index is 1.95. The minimum absolute atomic E-state index is 0.0308. The summed E-state index contributed by atoms with van der Waals surface area (Å²) in [6.45, 7) is 10.9. The van der Waals surface area contributed by atoms with Crippen molar-refractivity contribution in [3.8, 4) is 0 Å². The molecule has 0 aliphatic carbocycles. The SMILES string of the molecule is CCN(CC(=O)NC(C)(C)C)C(=O)c1cc(C)nc2c1nc1n2CCCCC1. The van der Waals surface area contributed by atoms with Crippen LogP contribution in [-0.4, -0.2) is 49.9 Å². The molecule has 3 rings (SSSR count). The molecule has 1 N–H and O–H groups in total. The number of hydrogen-bond acceptors (Lipinski definition) is 4. The maximum atomic E-state index is 13.3. The summed E-state index contributed by atoms with van der Waals surface area (Å²) in [5, 5.41) is 2.92. The molecule has 1 aliphatic heterocycles. The van der Waals surface area contributed by atoms with Gasteiger partial charge >= 0.3 is 0 Å². The minimum Gasteiger partial charge on any atom is -0.350 e. The van der Waals surface area contributed by atoms with E-state index >= 15 is 0 Å². The van der Waals surface area contributed by atoms with Crippen molar-refractivity contribution in [1.82, 2.24) is 24.8 Å². The molecule has 2 amide bonds. The van der Waals surface area contributed by atoms with Gasteiger partial charge in [0.25, 0.3) is 5.91 Å². The van der Waals surface area contributed by atoms with Gasteiger partial charge in [-0.2, -0.15) is 0 Å². The number of pyridine rings is 1. The van der Waals surface area contributed by atoms with Crippen LogP contribution >= 0.6 is 0 Å². The molecule has 2 aromatic rings. The Hall–Kier alpha value is -2.44. The second kappa shape index (κ2) is 7.89. The number of nitrogens with one attached hydrogen (secondary N) is 1. The molecule has 0 saturated carbocycles. The van der Waals surface area contributed by atoms with Crippen LogP contribution in [0.5, 0.6) is 0 Å². The third kappa shape index (κ3) is 4.34. The molecule has 2 aromatic heterocycles. The van der Waals surface area contributed by atoms with E-state index in [1.54, 1.807) is 11.0 Å². The predicted molar refractivity (Wildman–Crippen MR) is 109 cm³/mol. The number of amides is 2. The van der Waals surface area contributed by atoms with Crippen LogP contribution in [0.1, 0.15) is 68.8 Å². The van der Waals surface area contributed by atoms with Gasteiger partial charge in [-0.3, -0.25) is 9.59 Å². The standard InChI is InChI=1S/C21H31N5O2/c1-6-25(13-17(27)24-21(3,4)5)20(28)15-12-14(2)22-19-18(15)23-16-10-8-7-9-11-26(16)19/h12H,6-11,13H2,1-5H3,(H,24,27). The fourth-order valence-electron chi connectivity index (χ4n) is 3.71. The van der Waals surface area contributed by atoms with E-state index in [-0.39, 0.29) is 23.9 Å². The van der Waals surface area contributed by atoms with Gasteiger partial charge < -0.3 is 14.8 Å². The van der Waals surface area contributed by atoms with Crippen LogP contribution in [-0.2, 0) is 17.8 Å². The Morgan fingerprint density at radius 3 is 2.64 bits per heavy atom. The molecule has 7 heteroatoms. The summed E-state index contributed by atoms with van der Waals surface area (Å²) >= 11 is 0. The Labute approximate surface area is 166 Å². The summed E-state index contributed by atoms with van der Waals surface area (Å²) in [4.78, 5) is 36.7. The van der Waals surface area contributed by atoms with Gasteiger partial charge in [0.05, 0.1) is 12.1 Å². The molecule has 28 heavy (non-hydrogen) atoms. The molecule has 0 bridgehead atoms. The van der Waals surface area contributed by atoms with E-state index in [2.05, 4.69) is 14.9 Å². The van der Waals surface area contributed by atoms with E-state index in [9.17, 15) is 9.59 Å². The number of aromatic nitrogens is 3. The van der Waals surface area contributed by atoms with Crippen molar-refractivity contribution in [2.75, 3.05) is 13.1 Å². The zero-order chi connectivity index (χ0) is 20.5. The summed E-state index contributed by atoms with van der Waals surface area (Å²) < 4.78 is 2.16. The molecule has 0 atom stereocenters. The van der Waals surface area contributed by atoms with Crippen LogP contribution in [0.15, 0.2) is 6.07 Å². The summed E-state index contributed by atoms with van der Waals surface area (Å²) in [7, 11) is 0. The van der Waals surface area contributed by atoms with E-state index in [0.29, 0.717) is 17.6 Å². The van der Waals surface area contributed by atoms with Crippen molar-refractivity contribution < 1.29 is 9.59 Å². The van der Waals surface area contributed by atoms with Gasteiger partial charge in [-0.15, -0.1) is 0 Å². The van der Waals surface area contributed by atoms with Crippen LogP contribution in [0.3, 0.4) is 0 Å². The molecule has 7 nitrogen and oxygen atoms in total. The topological polar surface area (TPSA) is 80.1 Å². The van der Waals surface area contributed by atoms with Gasteiger partial charge in [0.2, 0.25) is 5.91 Å². The van der Waals surface area contributed by atoms with Crippen LogP contribution < -0.4 is 5.32 Å². The monoisotopic (exact) mass is 385 g/mol. The first-order valence-electron chi connectivity index (χ1n) is 10.2. The number of aryl methyl sites for hydroxylation is 3. The van der Waals surface area contributed by atoms with E-state index in [1.165, 1.54) is 6.42 Å². The van der Waals surface area contributed by atoms with Crippen LogP contribution in [0.4, 0.5) is 0 Å². The first-order valence-corrected chi connectivity index (χ1v) is 10.2. The highest BCUT2D eigenvalue weighted by molar-refractivity contribution is 6.05. The molecule has 152 valence electrons. The zero-order valence-corrected chi connectivity index (χ0v) is 17.6. The van der Waals surface area contributed by atoms with Gasteiger partial charge in [0.15, 0.2) is 5.65 Å². The summed E-state index contributed by atoms with van der Waals surface area (Å²) in [5.74, 6) is 0.675. The third-order valence-electron chi connectivity index (χ3n) is 4.94.